The number of nitriles is 1. The Morgan fingerprint density at radius 2 is 1.68 bits per heavy atom. The Morgan fingerprint density at radius 3 is 2.39 bits per heavy atom. The predicted octanol–water partition coefficient (Wildman–Crippen LogP) is 5.22. The van der Waals surface area contributed by atoms with E-state index in [1.807, 2.05) is 17.0 Å². The van der Waals surface area contributed by atoms with Crippen LogP contribution in [0.25, 0.3) is 10.9 Å². The summed E-state index contributed by atoms with van der Waals surface area (Å²) in [6.07, 6.45) is 1.22. The van der Waals surface area contributed by atoms with E-state index < -0.39 is 0 Å². The van der Waals surface area contributed by atoms with Crippen LogP contribution in [0.2, 0.25) is 0 Å². The van der Waals surface area contributed by atoms with Gasteiger partial charge in [-0.1, -0.05) is 61.5 Å². The first-order chi connectivity index (χ1) is 19.6. The van der Waals surface area contributed by atoms with Gasteiger partial charge >= 0.3 is 0 Å². The molecule has 4 aromatic rings. The van der Waals surface area contributed by atoms with Crippen LogP contribution in [-0.4, -0.2) is 64.5 Å². The van der Waals surface area contributed by atoms with Crippen molar-refractivity contribution >= 4 is 35.0 Å². The van der Waals surface area contributed by atoms with E-state index in [2.05, 4.69) is 82.8 Å². The minimum Gasteiger partial charge on any atom is -0.350 e. The molecule has 2 aromatic heterocycles. The van der Waals surface area contributed by atoms with Crippen molar-refractivity contribution in [1.29, 1.82) is 5.26 Å². The van der Waals surface area contributed by atoms with Crippen molar-refractivity contribution < 1.29 is 4.79 Å². The maximum atomic E-state index is 13.9. The van der Waals surface area contributed by atoms with Crippen molar-refractivity contribution in [1.82, 2.24) is 19.4 Å². The molecule has 4 heterocycles. The molecular weight excluding hydrogens is 532 g/mol. The standard InChI is InChI=1S/C33H36N6O.ClH/c1-3-36-17-19-37(20-18-36)33(40)30-21-29-28(13-15-34)24(2)39(22-25-9-5-4-6-10-25)31(29)32(35-30)38-16-14-26-11-7-8-12-27(26)23-38;/h4-12,21H,3,13-14,16-20,22-23H2,1-2H3;1H. The number of anilines is 1. The molecule has 7 nitrogen and oxygen atoms in total. The molecule has 2 aliphatic rings. The molecular formula is C33H37ClN6O. The maximum Gasteiger partial charge on any atom is 0.272 e. The van der Waals surface area contributed by atoms with Gasteiger partial charge in [0.15, 0.2) is 5.82 Å². The lowest BCUT2D eigenvalue weighted by Crippen LogP contribution is -2.48. The summed E-state index contributed by atoms with van der Waals surface area (Å²) in [5.74, 6) is 0.818. The molecule has 0 spiro atoms. The number of pyridine rings is 1. The second kappa shape index (κ2) is 12.3. The van der Waals surface area contributed by atoms with Gasteiger partial charge in [-0.15, -0.1) is 12.4 Å². The van der Waals surface area contributed by atoms with E-state index >= 15 is 0 Å². The molecule has 0 aliphatic carbocycles. The van der Waals surface area contributed by atoms with E-state index in [4.69, 9.17) is 4.98 Å². The third-order valence-corrected chi connectivity index (χ3v) is 8.61. The molecule has 1 saturated heterocycles. The number of likely N-dealkylation sites (N-methyl/N-ethyl adjacent to an activating group) is 1. The van der Waals surface area contributed by atoms with E-state index in [1.54, 1.807) is 0 Å². The third-order valence-electron chi connectivity index (χ3n) is 8.61. The fourth-order valence-corrected chi connectivity index (χ4v) is 6.25. The summed E-state index contributed by atoms with van der Waals surface area (Å²) in [4.78, 5) is 25.7. The van der Waals surface area contributed by atoms with Gasteiger partial charge in [-0.2, -0.15) is 5.26 Å². The minimum absolute atomic E-state index is 0. The molecule has 8 heteroatoms. The first-order valence-electron chi connectivity index (χ1n) is 14.3. The zero-order valence-electron chi connectivity index (χ0n) is 23.8. The Morgan fingerprint density at radius 1 is 0.976 bits per heavy atom. The van der Waals surface area contributed by atoms with E-state index in [0.717, 1.165) is 67.1 Å². The molecule has 0 saturated carbocycles. The number of halogens is 1. The van der Waals surface area contributed by atoms with Crippen LogP contribution in [0.3, 0.4) is 0 Å². The van der Waals surface area contributed by atoms with Gasteiger partial charge in [-0.25, -0.2) is 4.98 Å². The third kappa shape index (κ3) is 5.55. The normalized spacial score (nSPS) is 15.3. The average molecular weight is 569 g/mol. The lowest BCUT2D eigenvalue weighted by atomic mass is 9.99. The van der Waals surface area contributed by atoms with Crippen LogP contribution >= 0.6 is 12.4 Å². The van der Waals surface area contributed by atoms with Crippen molar-refractivity contribution in [2.24, 2.45) is 0 Å². The number of carbonyl (C=O) groups is 1. The number of carbonyl (C=O) groups excluding carboxylic acids is 1. The summed E-state index contributed by atoms with van der Waals surface area (Å²) in [6, 6.07) is 23.3. The molecule has 212 valence electrons. The number of amides is 1. The summed E-state index contributed by atoms with van der Waals surface area (Å²) in [5, 5.41) is 10.8. The monoisotopic (exact) mass is 568 g/mol. The quantitative estimate of drug-likeness (QED) is 0.319. The zero-order valence-corrected chi connectivity index (χ0v) is 24.7. The number of fused-ring (bicyclic) bond motifs is 2. The van der Waals surface area contributed by atoms with Crippen molar-refractivity contribution in [2.45, 2.75) is 39.8 Å². The molecule has 0 radical (unpaired) electrons. The van der Waals surface area contributed by atoms with E-state index in [9.17, 15) is 10.1 Å². The Kier molecular flexibility index (Phi) is 8.63. The SMILES string of the molecule is CCN1CCN(C(=O)c2cc3c(CC#N)c(C)n(Cc4ccccc4)c3c(N3CCc4ccccc4C3)n2)CC1.Cl. The highest BCUT2D eigenvalue weighted by Gasteiger charge is 2.29. The summed E-state index contributed by atoms with van der Waals surface area (Å²) in [7, 11) is 0. The number of piperazine rings is 1. The number of hydrogen-bond acceptors (Lipinski definition) is 5. The molecule has 6 rings (SSSR count). The molecule has 1 fully saturated rings. The number of rotatable bonds is 6. The highest BCUT2D eigenvalue weighted by molar-refractivity contribution is 6.01. The van der Waals surface area contributed by atoms with Gasteiger partial charge in [0.2, 0.25) is 0 Å². The van der Waals surface area contributed by atoms with Crippen molar-refractivity contribution in [3.8, 4) is 6.07 Å². The lowest BCUT2D eigenvalue weighted by molar-refractivity contribution is 0.0638. The van der Waals surface area contributed by atoms with Crippen molar-refractivity contribution in [3.05, 3.63) is 94.3 Å². The van der Waals surface area contributed by atoms with Crippen LogP contribution in [0.15, 0.2) is 60.7 Å². The number of aromatic nitrogens is 2. The van der Waals surface area contributed by atoms with Crippen molar-refractivity contribution in [3.63, 3.8) is 0 Å². The average Bonchev–Trinajstić information content (AvgIpc) is 3.26. The van der Waals surface area contributed by atoms with E-state index in [1.165, 1.54) is 16.7 Å². The van der Waals surface area contributed by atoms with Gasteiger partial charge in [0, 0.05) is 56.9 Å². The van der Waals surface area contributed by atoms with Crippen molar-refractivity contribution in [2.75, 3.05) is 44.2 Å². The number of hydrogen-bond donors (Lipinski definition) is 0. The Labute approximate surface area is 248 Å². The summed E-state index contributed by atoms with van der Waals surface area (Å²) < 4.78 is 2.30. The Hall–Kier alpha value is -3.86. The van der Waals surface area contributed by atoms with Crippen LogP contribution in [0.4, 0.5) is 5.82 Å². The number of benzene rings is 2. The highest BCUT2D eigenvalue weighted by Crippen LogP contribution is 2.36. The lowest BCUT2D eigenvalue weighted by Gasteiger charge is -2.34. The van der Waals surface area contributed by atoms with Crippen LogP contribution in [-0.2, 0) is 25.9 Å². The first-order valence-corrected chi connectivity index (χ1v) is 14.3. The van der Waals surface area contributed by atoms with Gasteiger partial charge in [0.1, 0.15) is 5.69 Å². The molecule has 2 aromatic carbocycles. The second-order valence-corrected chi connectivity index (χ2v) is 10.9. The molecule has 0 N–H and O–H groups in total. The van der Waals surface area contributed by atoms with E-state index in [-0.39, 0.29) is 18.3 Å². The highest BCUT2D eigenvalue weighted by atomic mass is 35.5. The largest absolute Gasteiger partial charge is 0.350 e. The van der Waals surface area contributed by atoms with Gasteiger partial charge in [-0.3, -0.25) is 4.79 Å². The predicted molar refractivity (Wildman–Crippen MR) is 166 cm³/mol. The molecule has 0 bridgehead atoms. The van der Waals surface area contributed by atoms with Gasteiger partial charge < -0.3 is 19.3 Å². The number of nitrogens with zero attached hydrogens (tertiary/aromatic N) is 6. The van der Waals surface area contributed by atoms with Crippen LogP contribution in [0.5, 0.6) is 0 Å². The molecule has 41 heavy (non-hydrogen) atoms. The maximum absolute atomic E-state index is 13.9. The Balaban J connectivity index is 0.00000337. The van der Waals surface area contributed by atoms with Crippen LogP contribution in [0.1, 0.15) is 45.4 Å². The fraction of sp³-hybridized carbons (Fsp3) is 0.364. The van der Waals surface area contributed by atoms with Gasteiger partial charge in [0.25, 0.3) is 5.91 Å². The summed E-state index contributed by atoms with van der Waals surface area (Å²) in [5.41, 5.74) is 7.39. The van der Waals surface area contributed by atoms with Crippen LogP contribution in [0, 0.1) is 18.3 Å². The van der Waals surface area contributed by atoms with E-state index in [0.29, 0.717) is 31.7 Å². The Bertz CT molecular complexity index is 1580. The summed E-state index contributed by atoms with van der Waals surface area (Å²) >= 11 is 0. The topological polar surface area (TPSA) is 68.4 Å². The molecule has 0 atom stereocenters. The molecule has 0 unspecified atom stereocenters. The minimum atomic E-state index is -0.0207. The van der Waals surface area contributed by atoms with Gasteiger partial charge in [0.05, 0.1) is 18.0 Å². The smallest absolute Gasteiger partial charge is 0.272 e. The molecule has 1 amide bonds. The fourth-order valence-electron chi connectivity index (χ4n) is 6.25. The summed E-state index contributed by atoms with van der Waals surface area (Å²) in [6.45, 7) is 10.7. The first kappa shape index (κ1) is 28.7. The second-order valence-electron chi connectivity index (χ2n) is 10.9. The molecule has 2 aliphatic heterocycles. The zero-order chi connectivity index (χ0) is 27.6. The van der Waals surface area contributed by atoms with Crippen LogP contribution < -0.4 is 4.90 Å². The van der Waals surface area contributed by atoms with Gasteiger partial charge in [-0.05, 0) is 48.2 Å².